The van der Waals surface area contributed by atoms with Crippen molar-refractivity contribution in [3.05, 3.63) is 18.2 Å². The van der Waals surface area contributed by atoms with E-state index in [0.717, 1.165) is 38.8 Å². The quantitative estimate of drug-likeness (QED) is 0.774. The van der Waals surface area contributed by atoms with E-state index in [9.17, 15) is 9.59 Å². The van der Waals surface area contributed by atoms with E-state index in [1.165, 1.54) is 0 Å². The Kier molecular flexibility index (Phi) is 5.35. The number of nitrogens with one attached hydrogen (secondary N) is 3. The molecular formula is C18H25N3O3. The summed E-state index contributed by atoms with van der Waals surface area (Å²) in [5.74, 6) is 1.29. The molecule has 6 heteroatoms. The average Bonchev–Trinajstić information content (AvgIpc) is 2.60. The number of rotatable bonds is 5. The third-order valence-electron chi connectivity index (χ3n) is 4.78. The van der Waals surface area contributed by atoms with Gasteiger partial charge in [-0.1, -0.05) is 6.92 Å². The normalized spacial score (nSPS) is 23.0. The van der Waals surface area contributed by atoms with Crippen molar-refractivity contribution in [2.75, 3.05) is 30.3 Å². The fourth-order valence-electron chi connectivity index (χ4n) is 3.37. The summed E-state index contributed by atoms with van der Waals surface area (Å²) in [6.07, 6.45) is 4.09. The van der Waals surface area contributed by atoms with Gasteiger partial charge in [-0.15, -0.1) is 0 Å². The number of amides is 2. The van der Waals surface area contributed by atoms with Crippen molar-refractivity contribution in [3.63, 3.8) is 0 Å². The summed E-state index contributed by atoms with van der Waals surface area (Å²) in [4.78, 5) is 23.7. The van der Waals surface area contributed by atoms with Gasteiger partial charge < -0.3 is 20.7 Å². The van der Waals surface area contributed by atoms with E-state index >= 15 is 0 Å². The minimum Gasteiger partial charge on any atom is -0.482 e. The van der Waals surface area contributed by atoms with E-state index in [1.54, 1.807) is 18.2 Å². The molecule has 3 rings (SSSR count). The Morgan fingerprint density at radius 3 is 2.83 bits per heavy atom. The van der Waals surface area contributed by atoms with E-state index in [4.69, 9.17) is 4.74 Å². The lowest BCUT2D eigenvalue weighted by atomic mass is 9.81. The minimum atomic E-state index is -0.159. The van der Waals surface area contributed by atoms with Crippen LogP contribution in [-0.4, -0.2) is 31.5 Å². The third kappa shape index (κ3) is 4.06. The molecule has 0 bridgehead atoms. The van der Waals surface area contributed by atoms with Crippen molar-refractivity contribution in [2.45, 2.75) is 32.6 Å². The molecule has 2 aliphatic rings. The van der Waals surface area contributed by atoms with Crippen molar-refractivity contribution in [2.24, 2.45) is 11.8 Å². The van der Waals surface area contributed by atoms with Crippen molar-refractivity contribution in [1.29, 1.82) is 0 Å². The Bertz CT molecular complexity index is 610. The van der Waals surface area contributed by atoms with Gasteiger partial charge in [0.25, 0.3) is 5.91 Å². The average molecular weight is 331 g/mol. The van der Waals surface area contributed by atoms with Crippen LogP contribution in [0.1, 0.15) is 32.6 Å². The molecule has 0 unspecified atom stereocenters. The van der Waals surface area contributed by atoms with Gasteiger partial charge in [0.05, 0.1) is 5.69 Å². The molecular weight excluding hydrogens is 306 g/mol. The zero-order chi connectivity index (χ0) is 16.9. The third-order valence-corrected chi connectivity index (χ3v) is 4.78. The number of benzene rings is 1. The highest BCUT2D eigenvalue weighted by Crippen LogP contribution is 2.32. The molecule has 1 saturated carbocycles. The highest BCUT2D eigenvalue weighted by molar-refractivity contribution is 5.97. The fraction of sp³-hybridized carbons (Fsp3) is 0.556. The number of carbonyl (C=O) groups is 2. The van der Waals surface area contributed by atoms with Crippen LogP contribution in [0, 0.1) is 11.8 Å². The van der Waals surface area contributed by atoms with Crippen LogP contribution in [0.5, 0.6) is 5.75 Å². The molecule has 1 aromatic rings. The zero-order valence-electron chi connectivity index (χ0n) is 14.1. The molecule has 1 heterocycles. The van der Waals surface area contributed by atoms with Crippen LogP contribution in [-0.2, 0) is 9.59 Å². The molecule has 0 radical (unpaired) electrons. The highest BCUT2D eigenvalue weighted by Gasteiger charge is 2.26. The number of hydrogen-bond acceptors (Lipinski definition) is 4. The van der Waals surface area contributed by atoms with Crippen molar-refractivity contribution in [1.82, 2.24) is 5.32 Å². The summed E-state index contributed by atoms with van der Waals surface area (Å²) < 4.78 is 5.38. The molecule has 0 saturated heterocycles. The van der Waals surface area contributed by atoms with Gasteiger partial charge in [-0.25, -0.2) is 0 Å². The molecule has 1 fully saturated rings. The number of ether oxygens (including phenoxy) is 1. The largest absolute Gasteiger partial charge is 0.482 e. The molecule has 1 aliphatic carbocycles. The lowest BCUT2D eigenvalue weighted by molar-refractivity contribution is -0.121. The van der Waals surface area contributed by atoms with Crippen molar-refractivity contribution in [3.8, 4) is 5.75 Å². The molecule has 1 aromatic carbocycles. The summed E-state index contributed by atoms with van der Waals surface area (Å²) >= 11 is 0. The molecule has 1 aliphatic heterocycles. The van der Waals surface area contributed by atoms with Crippen LogP contribution < -0.4 is 20.7 Å². The Morgan fingerprint density at radius 1 is 1.29 bits per heavy atom. The van der Waals surface area contributed by atoms with Gasteiger partial charge in [-0.2, -0.15) is 0 Å². The monoisotopic (exact) mass is 331 g/mol. The molecule has 130 valence electrons. The first-order valence-corrected chi connectivity index (χ1v) is 8.74. The van der Waals surface area contributed by atoms with E-state index < -0.39 is 0 Å². The summed E-state index contributed by atoms with van der Waals surface area (Å²) in [6, 6.07) is 5.32. The standard InChI is InChI=1S/C18H25N3O3/c1-2-19-10-12-3-5-13(6-4-12)18(23)20-14-7-8-15-16(9-14)24-11-17(22)21-15/h7-9,12-13,19H,2-6,10-11H2,1H3,(H,20,23)(H,21,22). The van der Waals surface area contributed by atoms with E-state index in [-0.39, 0.29) is 24.3 Å². The molecule has 2 amide bonds. The number of anilines is 2. The van der Waals surface area contributed by atoms with Gasteiger partial charge >= 0.3 is 0 Å². The smallest absolute Gasteiger partial charge is 0.262 e. The SMILES string of the molecule is CCNCC1CCC(C(=O)Nc2ccc3c(c2)OCC(=O)N3)CC1. The van der Waals surface area contributed by atoms with Crippen LogP contribution in [0.3, 0.4) is 0 Å². The molecule has 0 atom stereocenters. The summed E-state index contributed by atoms with van der Waals surface area (Å²) in [5.41, 5.74) is 1.36. The lowest BCUT2D eigenvalue weighted by Gasteiger charge is -2.28. The predicted molar refractivity (Wildman–Crippen MR) is 93.2 cm³/mol. The molecule has 0 spiro atoms. The molecule has 24 heavy (non-hydrogen) atoms. The van der Waals surface area contributed by atoms with Gasteiger partial charge in [-0.3, -0.25) is 9.59 Å². The van der Waals surface area contributed by atoms with E-state index in [2.05, 4.69) is 22.9 Å². The first-order valence-electron chi connectivity index (χ1n) is 8.74. The van der Waals surface area contributed by atoms with E-state index in [1.807, 2.05) is 0 Å². The van der Waals surface area contributed by atoms with Gasteiger partial charge in [-0.05, 0) is 56.8 Å². The lowest BCUT2D eigenvalue weighted by Crippen LogP contribution is -2.31. The van der Waals surface area contributed by atoms with Gasteiger partial charge in [0.15, 0.2) is 6.61 Å². The van der Waals surface area contributed by atoms with Crippen LogP contribution in [0.4, 0.5) is 11.4 Å². The minimum absolute atomic E-state index is 0.0141. The summed E-state index contributed by atoms with van der Waals surface area (Å²) in [7, 11) is 0. The topological polar surface area (TPSA) is 79.5 Å². The summed E-state index contributed by atoms with van der Waals surface area (Å²) in [6.45, 7) is 4.19. The van der Waals surface area contributed by atoms with Gasteiger partial charge in [0.2, 0.25) is 5.91 Å². The second kappa shape index (κ2) is 7.66. The van der Waals surface area contributed by atoms with Crippen molar-refractivity contribution < 1.29 is 14.3 Å². The van der Waals surface area contributed by atoms with Crippen molar-refractivity contribution >= 4 is 23.2 Å². The van der Waals surface area contributed by atoms with Gasteiger partial charge in [0, 0.05) is 17.7 Å². The Hall–Kier alpha value is -2.08. The molecule has 0 aromatic heterocycles. The maximum atomic E-state index is 12.5. The van der Waals surface area contributed by atoms with Gasteiger partial charge in [0.1, 0.15) is 5.75 Å². The van der Waals surface area contributed by atoms with Crippen LogP contribution in [0.25, 0.3) is 0 Å². The fourth-order valence-corrected chi connectivity index (χ4v) is 3.37. The number of carbonyl (C=O) groups excluding carboxylic acids is 2. The van der Waals surface area contributed by atoms with Crippen LogP contribution in [0.15, 0.2) is 18.2 Å². The Labute approximate surface area is 142 Å². The Balaban J connectivity index is 1.53. The maximum Gasteiger partial charge on any atom is 0.262 e. The second-order valence-corrected chi connectivity index (χ2v) is 6.56. The Morgan fingerprint density at radius 2 is 2.08 bits per heavy atom. The maximum absolute atomic E-state index is 12.5. The highest BCUT2D eigenvalue weighted by atomic mass is 16.5. The molecule has 6 nitrogen and oxygen atoms in total. The number of fused-ring (bicyclic) bond motifs is 1. The first kappa shape index (κ1) is 16.8. The van der Waals surface area contributed by atoms with Crippen LogP contribution in [0.2, 0.25) is 0 Å². The predicted octanol–water partition coefficient (Wildman–Crippen LogP) is 2.37. The van der Waals surface area contributed by atoms with E-state index in [0.29, 0.717) is 23.0 Å². The first-order chi connectivity index (χ1) is 11.7. The second-order valence-electron chi connectivity index (χ2n) is 6.56. The molecule has 3 N–H and O–H groups in total. The van der Waals surface area contributed by atoms with Crippen LogP contribution >= 0.6 is 0 Å². The summed E-state index contributed by atoms with van der Waals surface area (Å²) in [5, 5.41) is 9.12. The number of hydrogen-bond donors (Lipinski definition) is 3. The zero-order valence-corrected chi connectivity index (χ0v) is 14.1.